The minimum absolute atomic E-state index is 0.00242. The topological polar surface area (TPSA) is 571 Å². The highest BCUT2D eigenvalue weighted by Crippen LogP contribution is 2.76. The van der Waals surface area contributed by atoms with Crippen molar-refractivity contribution in [2.45, 2.75) is 348 Å². The van der Waals surface area contributed by atoms with Gasteiger partial charge in [-0.3, -0.25) is 4.79 Å². The molecule has 12 aliphatic rings. The third-order valence-corrected chi connectivity index (χ3v) is 27.4. The van der Waals surface area contributed by atoms with Crippen LogP contribution in [-0.2, 0) is 71.1 Å². The van der Waals surface area contributed by atoms with Crippen LogP contribution >= 0.6 is 0 Å². The van der Waals surface area contributed by atoms with Crippen LogP contribution in [0.5, 0.6) is 0 Å². The first kappa shape index (κ1) is 84.3. The number of hydrogen-bond acceptors (Lipinski definition) is 36. The lowest BCUT2D eigenvalue weighted by molar-refractivity contribution is -0.406. The molecule has 7 aliphatic heterocycles. The zero-order chi connectivity index (χ0) is 78.2. The summed E-state index contributed by atoms with van der Waals surface area (Å²) >= 11 is 0. The van der Waals surface area contributed by atoms with Gasteiger partial charge < -0.3 is 174 Å². The van der Waals surface area contributed by atoms with Gasteiger partial charge in [-0.1, -0.05) is 60.1 Å². The van der Waals surface area contributed by atoms with Crippen LogP contribution < -0.4 is 0 Å². The number of aliphatic hydroxyl groups excluding tert-OH is 21. The lowest BCUT2D eigenvalue weighted by Crippen LogP contribution is -2.67. The maximum atomic E-state index is 15.6. The fourth-order valence-electron chi connectivity index (χ4n) is 20.6. The van der Waals surface area contributed by atoms with Gasteiger partial charge in [0.25, 0.3) is 0 Å². The van der Waals surface area contributed by atoms with E-state index in [9.17, 15) is 107 Å². The Hall–Kier alpha value is -2.15. The molecule has 0 amide bonds. The number of fused-ring (bicyclic) bond motifs is 7. The molecule has 107 heavy (non-hydrogen) atoms. The largest absolute Gasteiger partial charge is 0.456 e. The second kappa shape index (κ2) is 31.8. The maximum absolute atomic E-state index is 15.6. The maximum Gasteiger partial charge on any atom is 0.313 e. The van der Waals surface area contributed by atoms with Gasteiger partial charge in [-0.2, -0.15) is 0 Å². The quantitative estimate of drug-likeness (QED) is 0.0345. The Kier molecular flexibility index (Phi) is 25.0. The molecule has 11 fully saturated rings. The van der Waals surface area contributed by atoms with Gasteiger partial charge in [0, 0.05) is 0 Å². The van der Waals surface area contributed by atoms with Gasteiger partial charge in [0.2, 0.25) is 0 Å². The van der Waals surface area contributed by atoms with Crippen LogP contribution in [0.1, 0.15) is 127 Å². The normalized spacial score (nSPS) is 54.9. The molecule has 0 bridgehead atoms. The van der Waals surface area contributed by atoms with Gasteiger partial charge in [-0.15, -0.1) is 0 Å². The molecule has 43 atom stereocenters. The Morgan fingerprint density at radius 3 is 1.51 bits per heavy atom. The zero-order valence-electron chi connectivity index (χ0n) is 61.5. The number of carbonyl (C=O) groups is 1. The molecule has 36 heteroatoms. The molecule has 0 spiro atoms. The van der Waals surface area contributed by atoms with Crippen LogP contribution in [-0.4, -0.2) is 361 Å². The molecule has 0 aromatic heterocycles. The van der Waals surface area contributed by atoms with Gasteiger partial charge in [0.1, 0.15) is 146 Å². The lowest BCUT2D eigenvalue weighted by Gasteiger charge is -2.71. The molecule has 0 radical (unpaired) electrons. The van der Waals surface area contributed by atoms with Crippen LogP contribution in [0.25, 0.3) is 0 Å². The summed E-state index contributed by atoms with van der Waals surface area (Å²) < 4.78 is 82.1. The molecular weight excluding hydrogens is 1430 g/mol. The number of esters is 1. The van der Waals surface area contributed by atoms with E-state index in [2.05, 4.69) is 54.5 Å². The van der Waals surface area contributed by atoms with Gasteiger partial charge in [0.15, 0.2) is 56.4 Å². The van der Waals surface area contributed by atoms with Crippen LogP contribution in [0, 0.1) is 50.2 Å². The molecule has 0 aromatic rings. The van der Waals surface area contributed by atoms with Crippen molar-refractivity contribution in [1.82, 2.24) is 0 Å². The first-order valence-corrected chi connectivity index (χ1v) is 37.6. The molecular formula is C71H116O36. The van der Waals surface area contributed by atoms with Crippen LogP contribution in [0.15, 0.2) is 11.6 Å². The summed E-state index contributed by atoms with van der Waals surface area (Å²) in [5.74, 6) is -0.930. The van der Waals surface area contributed by atoms with Crippen LogP contribution in [0.3, 0.4) is 0 Å². The molecule has 5 aliphatic carbocycles. The smallest absolute Gasteiger partial charge is 0.313 e. The first-order valence-electron chi connectivity index (χ1n) is 37.6. The van der Waals surface area contributed by atoms with Crippen molar-refractivity contribution in [2.24, 2.45) is 50.2 Å². The summed E-state index contributed by atoms with van der Waals surface area (Å²) in [5, 5.41) is 230. The third-order valence-electron chi connectivity index (χ3n) is 27.4. The molecule has 4 saturated carbocycles. The van der Waals surface area contributed by atoms with E-state index in [0.29, 0.717) is 51.4 Å². The van der Waals surface area contributed by atoms with E-state index in [1.54, 1.807) is 0 Å². The predicted octanol–water partition coefficient (Wildman–Crippen LogP) is -6.55. The third kappa shape index (κ3) is 14.8. The summed E-state index contributed by atoms with van der Waals surface area (Å²) in [7, 11) is 0. The number of rotatable bonds is 18. The van der Waals surface area contributed by atoms with E-state index in [1.807, 2.05) is 0 Å². The van der Waals surface area contributed by atoms with E-state index >= 15 is 4.79 Å². The fourth-order valence-corrected chi connectivity index (χ4v) is 20.6. The number of hydrogen-bond donors (Lipinski definition) is 21. The molecule has 21 N–H and O–H groups in total. The van der Waals surface area contributed by atoms with E-state index in [4.69, 9.17) is 66.3 Å². The Morgan fingerprint density at radius 1 is 0.421 bits per heavy atom. The van der Waals surface area contributed by atoms with E-state index < -0.39 is 270 Å². The average Bonchev–Trinajstić information content (AvgIpc) is 0.674. The number of allylic oxidation sites excluding steroid dienone is 2. The number of aliphatic hydroxyl groups is 21. The Morgan fingerprint density at radius 2 is 0.907 bits per heavy atom. The van der Waals surface area contributed by atoms with Crippen molar-refractivity contribution >= 4 is 5.97 Å². The molecule has 36 nitrogen and oxygen atoms in total. The molecule has 7 saturated heterocycles. The highest BCUT2D eigenvalue weighted by atomic mass is 16.8. The summed E-state index contributed by atoms with van der Waals surface area (Å²) in [6.07, 6.45) is -54.0. The second-order valence-corrected chi connectivity index (χ2v) is 34.4. The molecule has 0 aromatic carbocycles. The van der Waals surface area contributed by atoms with Gasteiger partial charge in [-0.25, -0.2) is 0 Å². The predicted molar refractivity (Wildman–Crippen MR) is 353 cm³/mol. The highest BCUT2D eigenvalue weighted by Gasteiger charge is 2.71. The summed E-state index contributed by atoms with van der Waals surface area (Å²) in [6.45, 7) is 15.1. The second-order valence-electron chi connectivity index (χ2n) is 34.4. The number of ether oxygens (including phenoxy) is 14. The highest BCUT2D eigenvalue weighted by molar-refractivity contribution is 5.79. The van der Waals surface area contributed by atoms with Crippen molar-refractivity contribution < 1.29 is 178 Å². The van der Waals surface area contributed by atoms with Crippen LogP contribution in [0.2, 0.25) is 0 Å². The van der Waals surface area contributed by atoms with Gasteiger partial charge >= 0.3 is 5.97 Å². The zero-order valence-corrected chi connectivity index (χ0v) is 61.5. The van der Waals surface area contributed by atoms with Gasteiger partial charge in [-0.05, 0) is 123 Å². The Labute approximate surface area is 618 Å². The number of carbonyl (C=O) groups excluding carboxylic acids is 1. The molecule has 7 heterocycles. The van der Waals surface area contributed by atoms with Crippen molar-refractivity contribution in [1.29, 1.82) is 0 Å². The minimum atomic E-state index is -2.01. The lowest BCUT2D eigenvalue weighted by atomic mass is 9.33. The van der Waals surface area contributed by atoms with Gasteiger partial charge in [0.05, 0.1) is 50.2 Å². The van der Waals surface area contributed by atoms with Crippen molar-refractivity contribution in [3.63, 3.8) is 0 Å². The summed E-state index contributed by atoms with van der Waals surface area (Å²) in [4.78, 5) is 15.6. The SMILES string of the molecule is C[C@@H]1O[C@@H](O[C@H]2[C@@H](O)[C@@H](O)O[C@H](CO)[C@@H]2O)[C@@H](O[C@H]2O[C@@H](O[C@H]3CC[C@@]4(C)[C@@H](CC[C@]5(C)[C@H]4CC=C4[C@H]6CC(C)(C)CC[C@]6(C(=O)O[C@@H]6[C@@H](O)[C@@H](OC[C@H]7O[C@H](O[C@@H]8[C@@H](O)[C@@H](O)[C@H](O[C@H]9[C@@H](O)[C@@H](O)O[C@H](CO)[C@@H]9O)O[C@H]8C)[C@H](O)[C@@H](O)[C@@H]7O)O[C@H](CO)[C@H]6O)CC[C@]45C)C3(C)C)[C@@H](O)[C@@H](O)[C@@H]2O)[C@H](O)[C@H]1O. The summed E-state index contributed by atoms with van der Waals surface area (Å²) in [5.41, 5.74) is -2.02. The molecule has 0 unspecified atom stereocenters. The molecule has 12 rings (SSSR count). The minimum Gasteiger partial charge on any atom is -0.456 e. The van der Waals surface area contributed by atoms with Crippen molar-refractivity contribution in [3.05, 3.63) is 11.6 Å². The fraction of sp³-hybridized carbons (Fsp3) is 0.958. The van der Waals surface area contributed by atoms with Crippen LogP contribution in [0.4, 0.5) is 0 Å². The first-order chi connectivity index (χ1) is 50.1. The average molecular weight is 1550 g/mol. The Balaban J connectivity index is 0.709. The van der Waals surface area contributed by atoms with Crippen molar-refractivity contribution in [3.8, 4) is 0 Å². The monoisotopic (exact) mass is 1540 g/mol. The van der Waals surface area contributed by atoms with Crippen molar-refractivity contribution in [2.75, 3.05) is 26.4 Å². The van der Waals surface area contributed by atoms with E-state index in [0.717, 1.165) is 18.4 Å². The summed E-state index contributed by atoms with van der Waals surface area (Å²) in [6, 6.07) is 0. The van der Waals surface area contributed by atoms with E-state index in [-0.39, 0.29) is 34.0 Å². The molecule has 616 valence electrons. The Bertz CT molecular complexity index is 3050. The standard InChI is InChI=1S/C71H116O36/c1-25-36(75)43(82)56(64(95-25)104-54-39(78)30(22-73)98-58(92)50(54)89)105-63-47(86)42(81)46(85)62(107-63)101-35-13-14-68(7)33(67(35,5)6)12-15-70(9)34(68)11-10-27-28-20-66(3,4)16-18-71(28,19-17-69(27,70)8)65(93)106-55-40(79)31(23-74)99-59(51(55)90)94-24-32-37(76)41(80)45(84)61(100-32)102-52-26(2)96-60(48(87)44(52)83)103-53-38(77)29(21-72)97-57(91)49(53)88/h10,25-26,28-64,72-92H,11-24H2,1-9H3/t25-,26-,28+,29+,30+,31+,32+,33-,34-,35-,36-,37+,38-,39-,40+,41-,42+,43+,44-,45+,46-,47-,48+,49+,50+,51+,52-,53+,54+,55-,56-,57-,58-,59-,60-,61+,62+,63-,64-,68-,69+,70+,71-/m0/s1. The van der Waals surface area contributed by atoms with E-state index in [1.165, 1.54) is 13.8 Å².